The fourth-order valence-corrected chi connectivity index (χ4v) is 3.08. The van der Waals surface area contributed by atoms with E-state index in [-0.39, 0.29) is 30.1 Å². The normalized spacial score (nSPS) is 19.9. The number of halogens is 3. The molecule has 0 saturated heterocycles. The lowest BCUT2D eigenvalue weighted by Gasteiger charge is -2.33. The summed E-state index contributed by atoms with van der Waals surface area (Å²) < 4.78 is 46.6. The van der Waals surface area contributed by atoms with E-state index in [1.807, 2.05) is 0 Å². The Kier molecular flexibility index (Phi) is 4.45. The minimum atomic E-state index is -4.48. The minimum absolute atomic E-state index is 0.0525. The Balaban J connectivity index is 2.09. The molecule has 1 aliphatic rings. The van der Waals surface area contributed by atoms with Crippen molar-refractivity contribution in [2.75, 3.05) is 11.9 Å². The molecule has 2 aromatic rings. The summed E-state index contributed by atoms with van der Waals surface area (Å²) >= 11 is 0. The number of rotatable bonds is 3. The molecule has 2 atom stereocenters. The van der Waals surface area contributed by atoms with Crippen molar-refractivity contribution < 1.29 is 22.7 Å². The van der Waals surface area contributed by atoms with Gasteiger partial charge in [0, 0.05) is 6.42 Å². The molecule has 134 valence electrons. The molecule has 1 N–H and O–H groups in total. The van der Waals surface area contributed by atoms with Gasteiger partial charge in [0.2, 0.25) is 0 Å². The van der Waals surface area contributed by atoms with Crippen LogP contribution in [0.25, 0.3) is 0 Å². The van der Waals surface area contributed by atoms with Gasteiger partial charge in [-0.2, -0.15) is 18.3 Å². The topological polar surface area (TPSA) is 56.1 Å². The number of carbonyl (C=O) groups is 1. The van der Waals surface area contributed by atoms with Gasteiger partial charge in [0.1, 0.15) is 11.4 Å². The molecule has 1 aromatic heterocycles. The third-order valence-electron chi connectivity index (χ3n) is 4.21. The number of ether oxygens (including phenoxy) is 1. The number of benzene rings is 1. The molecular formula is C17H18F3N3O2. The van der Waals surface area contributed by atoms with Crippen molar-refractivity contribution in [2.45, 2.75) is 38.5 Å². The molecule has 0 aliphatic carbocycles. The molecule has 2 heterocycles. The van der Waals surface area contributed by atoms with Crippen LogP contribution in [0.4, 0.5) is 19.0 Å². The van der Waals surface area contributed by atoms with E-state index in [9.17, 15) is 18.0 Å². The summed E-state index contributed by atoms with van der Waals surface area (Å²) in [6.07, 6.45) is -4.68. The number of esters is 1. The predicted molar refractivity (Wildman–Crippen MR) is 85.4 cm³/mol. The number of carbonyl (C=O) groups excluding carboxylic acids is 1. The smallest absolute Gasteiger partial charge is 0.410 e. The van der Waals surface area contributed by atoms with Gasteiger partial charge >= 0.3 is 12.1 Å². The molecule has 2 unspecified atom stereocenters. The molecule has 8 heteroatoms. The highest BCUT2D eigenvalue weighted by molar-refractivity contribution is 5.96. The third-order valence-corrected chi connectivity index (χ3v) is 4.21. The first kappa shape index (κ1) is 17.3. The van der Waals surface area contributed by atoms with Crippen LogP contribution in [0.1, 0.15) is 47.0 Å². The molecule has 0 amide bonds. The molecule has 1 aliphatic heterocycles. The number of nitrogens with one attached hydrogen (secondary N) is 1. The van der Waals surface area contributed by atoms with Gasteiger partial charge in [-0.25, -0.2) is 9.48 Å². The van der Waals surface area contributed by atoms with Crippen molar-refractivity contribution in [1.82, 2.24) is 9.78 Å². The molecule has 0 fully saturated rings. The largest absolute Gasteiger partial charge is 0.462 e. The summed E-state index contributed by atoms with van der Waals surface area (Å²) in [7, 11) is 0. The summed E-state index contributed by atoms with van der Waals surface area (Å²) in [6.45, 7) is 3.28. The maximum atomic E-state index is 13.6. The minimum Gasteiger partial charge on any atom is -0.462 e. The molecule has 3 rings (SSSR count). The monoisotopic (exact) mass is 353 g/mol. The number of anilines is 1. The van der Waals surface area contributed by atoms with Gasteiger partial charge in [-0.1, -0.05) is 30.3 Å². The van der Waals surface area contributed by atoms with Crippen LogP contribution in [0.5, 0.6) is 0 Å². The third kappa shape index (κ3) is 3.20. The van der Waals surface area contributed by atoms with Crippen LogP contribution >= 0.6 is 0 Å². The molecule has 0 radical (unpaired) electrons. The average molecular weight is 353 g/mol. The second-order valence-electron chi connectivity index (χ2n) is 5.87. The van der Waals surface area contributed by atoms with Gasteiger partial charge in [0.05, 0.1) is 18.3 Å². The van der Waals surface area contributed by atoms with Crippen molar-refractivity contribution in [2.24, 2.45) is 0 Å². The summed E-state index contributed by atoms with van der Waals surface area (Å²) in [5.41, 5.74) is 0.984. The lowest BCUT2D eigenvalue weighted by molar-refractivity contribution is -0.173. The molecule has 0 bridgehead atoms. The van der Waals surface area contributed by atoms with Crippen LogP contribution in [0, 0.1) is 6.92 Å². The van der Waals surface area contributed by atoms with E-state index in [2.05, 4.69) is 10.4 Å². The van der Waals surface area contributed by atoms with E-state index >= 15 is 0 Å². The first-order valence-corrected chi connectivity index (χ1v) is 7.97. The van der Waals surface area contributed by atoms with Crippen LogP contribution < -0.4 is 5.32 Å². The summed E-state index contributed by atoms with van der Waals surface area (Å²) in [6, 6.07) is 6.46. The van der Waals surface area contributed by atoms with E-state index in [1.165, 1.54) is 6.92 Å². The maximum absolute atomic E-state index is 13.6. The van der Waals surface area contributed by atoms with Crippen LogP contribution in [-0.4, -0.2) is 28.5 Å². The summed E-state index contributed by atoms with van der Waals surface area (Å²) in [4.78, 5) is 12.2. The fourth-order valence-electron chi connectivity index (χ4n) is 3.08. The van der Waals surface area contributed by atoms with Crippen molar-refractivity contribution in [1.29, 1.82) is 0 Å². The Morgan fingerprint density at radius 1 is 1.36 bits per heavy atom. The van der Waals surface area contributed by atoms with E-state index in [0.717, 1.165) is 10.2 Å². The highest BCUT2D eigenvalue weighted by atomic mass is 19.4. The molecule has 1 aromatic carbocycles. The Labute approximate surface area is 142 Å². The lowest BCUT2D eigenvalue weighted by Crippen LogP contribution is -2.36. The van der Waals surface area contributed by atoms with Crippen LogP contribution in [-0.2, 0) is 4.74 Å². The van der Waals surface area contributed by atoms with E-state index in [4.69, 9.17) is 4.74 Å². The molecule has 5 nitrogen and oxygen atoms in total. The van der Waals surface area contributed by atoms with E-state index in [1.54, 1.807) is 37.3 Å². The molecule has 25 heavy (non-hydrogen) atoms. The van der Waals surface area contributed by atoms with Gasteiger partial charge in [0.15, 0.2) is 6.04 Å². The fraction of sp³-hybridized carbons (Fsp3) is 0.412. The Morgan fingerprint density at radius 2 is 2.04 bits per heavy atom. The Hall–Kier alpha value is -2.51. The first-order valence-electron chi connectivity index (χ1n) is 7.97. The average Bonchev–Trinajstić information content (AvgIpc) is 2.89. The summed E-state index contributed by atoms with van der Waals surface area (Å²) in [5.74, 6) is -0.623. The lowest BCUT2D eigenvalue weighted by atomic mass is 9.96. The number of hydrogen-bond acceptors (Lipinski definition) is 4. The second kappa shape index (κ2) is 6.42. The van der Waals surface area contributed by atoms with Crippen molar-refractivity contribution in [3.63, 3.8) is 0 Å². The number of alkyl halides is 3. The SMILES string of the molecule is CCOC(=O)c1c(C)nn2c1NC(c1ccccc1)CC2C(F)(F)F. The molecular weight excluding hydrogens is 335 g/mol. The van der Waals surface area contributed by atoms with Crippen molar-refractivity contribution in [3.05, 3.63) is 47.2 Å². The Morgan fingerprint density at radius 3 is 2.64 bits per heavy atom. The van der Waals surface area contributed by atoms with Crippen LogP contribution in [0.2, 0.25) is 0 Å². The number of fused-ring (bicyclic) bond motifs is 1. The van der Waals surface area contributed by atoms with Crippen LogP contribution in [0.15, 0.2) is 30.3 Å². The Bertz CT molecular complexity index is 771. The first-order chi connectivity index (χ1) is 11.8. The molecule has 0 spiro atoms. The van der Waals surface area contributed by atoms with Gasteiger partial charge in [-0.05, 0) is 19.4 Å². The van der Waals surface area contributed by atoms with Gasteiger partial charge in [0.25, 0.3) is 0 Å². The zero-order valence-electron chi connectivity index (χ0n) is 13.8. The van der Waals surface area contributed by atoms with E-state index < -0.39 is 24.2 Å². The zero-order valence-corrected chi connectivity index (χ0v) is 13.8. The molecule has 0 saturated carbocycles. The van der Waals surface area contributed by atoms with Crippen molar-refractivity contribution in [3.8, 4) is 0 Å². The quantitative estimate of drug-likeness (QED) is 0.847. The number of hydrogen-bond donors (Lipinski definition) is 1. The standard InChI is InChI=1S/C17H18F3N3O2/c1-3-25-16(24)14-10(2)22-23-13(17(18,19)20)9-12(21-15(14)23)11-7-5-4-6-8-11/h4-8,12-13,21H,3,9H2,1-2H3. The van der Waals surface area contributed by atoms with Gasteiger partial charge < -0.3 is 10.1 Å². The van der Waals surface area contributed by atoms with Gasteiger partial charge in [-0.3, -0.25) is 0 Å². The summed E-state index contributed by atoms with van der Waals surface area (Å²) in [5, 5.41) is 7.01. The van der Waals surface area contributed by atoms with Gasteiger partial charge in [-0.15, -0.1) is 0 Å². The van der Waals surface area contributed by atoms with Crippen molar-refractivity contribution >= 4 is 11.8 Å². The zero-order chi connectivity index (χ0) is 18.2. The predicted octanol–water partition coefficient (Wildman–Crippen LogP) is 4.03. The highest BCUT2D eigenvalue weighted by Crippen LogP contribution is 2.45. The number of nitrogens with zero attached hydrogens (tertiary/aromatic N) is 2. The highest BCUT2D eigenvalue weighted by Gasteiger charge is 2.47. The van der Waals surface area contributed by atoms with E-state index in [0.29, 0.717) is 0 Å². The van der Waals surface area contributed by atoms with Crippen LogP contribution in [0.3, 0.4) is 0 Å². The maximum Gasteiger partial charge on any atom is 0.410 e. The second-order valence-corrected chi connectivity index (χ2v) is 5.87. The number of aryl methyl sites for hydroxylation is 1. The number of aromatic nitrogens is 2.